The van der Waals surface area contributed by atoms with Gasteiger partial charge in [0.1, 0.15) is 22.8 Å². The maximum Gasteiger partial charge on any atom is 0.429 e. The maximum atomic E-state index is 14.6. The van der Waals surface area contributed by atoms with Crippen LogP contribution in [0.5, 0.6) is 11.6 Å². The Hall–Kier alpha value is -4.19. The van der Waals surface area contributed by atoms with Crippen LogP contribution in [-0.2, 0) is 11.2 Å². The molecule has 216 valence electrons. The van der Waals surface area contributed by atoms with E-state index >= 15 is 0 Å². The van der Waals surface area contributed by atoms with Crippen molar-refractivity contribution in [2.75, 3.05) is 7.11 Å². The van der Waals surface area contributed by atoms with Crippen LogP contribution in [-0.4, -0.2) is 40.4 Å². The SMILES string of the molecule is COc1cccc(-c2cc(Cl)ccc2C(Oc2ncnc3c(-c4ccc(CC(N)C(=O)O)cc4)csc23)C(F)(F)F)c1. The average Bonchev–Trinajstić information content (AvgIpc) is 3.41. The lowest BCUT2D eigenvalue weighted by atomic mass is 9.95. The van der Waals surface area contributed by atoms with E-state index in [1.165, 1.54) is 25.3 Å². The first-order valence-corrected chi connectivity index (χ1v) is 13.8. The monoisotopic (exact) mass is 613 g/mol. The number of nitrogens with zero attached hydrogens (tertiary/aromatic N) is 2. The lowest BCUT2D eigenvalue weighted by Gasteiger charge is -2.24. The summed E-state index contributed by atoms with van der Waals surface area (Å²) in [5.74, 6) is -0.836. The van der Waals surface area contributed by atoms with Crippen molar-refractivity contribution in [3.05, 3.63) is 94.6 Å². The number of carbonyl (C=O) groups is 1. The second kappa shape index (κ2) is 12.0. The number of hydrogen-bond acceptors (Lipinski definition) is 7. The smallest absolute Gasteiger partial charge is 0.429 e. The van der Waals surface area contributed by atoms with E-state index in [0.29, 0.717) is 27.1 Å². The molecular formula is C30H23ClF3N3O4S. The van der Waals surface area contributed by atoms with Crippen LogP contribution in [0.3, 0.4) is 0 Å². The number of benzene rings is 3. The van der Waals surface area contributed by atoms with Gasteiger partial charge in [-0.25, -0.2) is 9.97 Å². The summed E-state index contributed by atoms with van der Waals surface area (Å²) in [6, 6.07) is 16.8. The summed E-state index contributed by atoms with van der Waals surface area (Å²) in [6.45, 7) is 0. The van der Waals surface area contributed by atoms with Crippen molar-refractivity contribution in [1.29, 1.82) is 0 Å². The zero-order chi connectivity index (χ0) is 30.0. The van der Waals surface area contributed by atoms with Gasteiger partial charge in [0, 0.05) is 21.5 Å². The number of methoxy groups -OCH3 is 1. The zero-order valence-electron chi connectivity index (χ0n) is 21.9. The molecule has 42 heavy (non-hydrogen) atoms. The first-order chi connectivity index (χ1) is 20.0. The van der Waals surface area contributed by atoms with Crippen LogP contribution in [0.4, 0.5) is 13.2 Å². The molecule has 0 saturated carbocycles. The molecule has 2 atom stereocenters. The number of halogens is 4. The van der Waals surface area contributed by atoms with E-state index in [9.17, 15) is 18.0 Å². The summed E-state index contributed by atoms with van der Waals surface area (Å²) in [5, 5.41) is 11.1. The van der Waals surface area contributed by atoms with Crippen LogP contribution in [0, 0.1) is 0 Å². The molecular weight excluding hydrogens is 591 g/mol. The van der Waals surface area contributed by atoms with Crippen molar-refractivity contribution < 1.29 is 32.5 Å². The van der Waals surface area contributed by atoms with Gasteiger partial charge in [0.15, 0.2) is 0 Å². The summed E-state index contributed by atoms with van der Waals surface area (Å²) < 4.78 is 55.1. The Labute approximate surface area is 247 Å². The number of thiophene rings is 1. The van der Waals surface area contributed by atoms with Gasteiger partial charge >= 0.3 is 12.1 Å². The Bertz CT molecular complexity index is 1740. The number of aromatic nitrogens is 2. The van der Waals surface area contributed by atoms with E-state index in [1.54, 1.807) is 53.9 Å². The molecule has 0 aliphatic carbocycles. The van der Waals surface area contributed by atoms with Crippen molar-refractivity contribution in [3.63, 3.8) is 0 Å². The fourth-order valence-electron chi connectivity index (χ4n) is 4.50. The van der Waals surface area contributed by atoms with E-state index in [-0.39, 0.29) is 28.5 Å². The summed E-state index contributed by atoms with van der Waals surface area (Å²) in [4.78, 5) is 19.4. The highest BCUT2D eigenvalue weighted by molar-refractivity contribution is 7.18. The Balaban J connectivity index is 1.52. The Morgan fingerprint density at radius 1 is 1.05 bits per heavy atom. The molecule has 3 N–H and O–H groups in total. The minimum atomic E-state index is -4.80. The van der Waals surface area contributed by atoms with Gasteiger partial charge < -0.3 is 20.3 Å². The highest BCUT2D eigenvalue weighted by atomic mass is 35.5. The Morgan fingerprint density at radius 2 is 1.81 bits per heavy atom. The van der Waals surface area contributed by atoms with E-state index < -0.39 is 24.3 Å². The maximum absolute atomic E-state index is 14.6. The third-order valence-corrected chi connectivity index (χ3v) is 7.76. The van der Waals surface area contributed by atoms with E-state index in [4.69, 9.17) is 31.9 Å². The van der Waals surface area contributed by atoms with E-state index in [0.717, 1.165) is 28.8 Å². The molecule has 0 spiro atoms. The van der Waals surface area contributed by atoms with Gasteiger partial charge in [-0.15, -0.1) is 11.3 Å². The number of rotatable bonds is 9. The summed E-state index contributed by atoms with van der Waals surface area (Å²) in [5.41, 5.74) is 8.76. The van der Waals surface area contributed by atoms with Crippen LogP contribution < -0.4 is 15.2 Å². The lowest BCUT2D eigenvalue weighted by Crippen LogP contribution is -2.32. The molecule has 5 aromatic rings. The van der Waals surface area contributed by atoms with Crippen molar-refractivity contribution in [2.24, 2.45) is 5.73 Å². The number of alkyl halides is 3. The molecule has 0 aliphatic rings. The number of ether oxygens (including phenoxy) is 2. The highest BCUT2D eigenvalue weighted by Gasteiger charge is 2.45. The van der Waals surface area contributed by atoms with Crippen LogP contribution in [0.25, 0.3) is 32.5 Å². The van der Waals surface area contributed by atoms with Crippen molar-refractivity contribution >= 4 is 39.1 Å². The fourth-order valence-corrected chi connectivity index (χ4v) is 5.63. The quantitative estimate of drug-likeness (QED) is 0.179. The number of carboxylic acids is 1. The predicted octanol–water partition coefficient (Wildman–Crippen LogP) is 7.32. The standard InChI is InChI=1S/C30H23ClF3N3O4S/c1-40-20-4-2-3-18(12-20)22-13-19(31)9-10-21(22)27(30(32,33)34)41-28-26-25(36-15-37-28)23(14-42-26)17-7-5-16(6-8-17)11-24(35)29(38)39/h2-10,12-15,24,27H,11,35H2,1H3,(H,38,39). The van der Waals surface area contributed by atoms with Crippen LogP contribution in [0.1, 0.15) is 17.2 Å². The largest absolute Gasteiger partial charge is 0.497 e. The first kappa shape index (κ1) is 29.3. The second-order valence-electron chi connectivity index (χ2n) is 9.35. The van der Waals surface area contributed by atoms with E-state index in [1.807, 2.05) is 0 Å². The predicted molar refractivity (Wildman–Crippen MR) is 155 cm³/mol. The molecule has 7 nitrogen and oxygen atoms in total. The molecule has 0 amide bonds. The minimum Gasteiger partial charge on any atom is -0.497 e. The molecule has 2 aromatic heterocycles. The molecule has 0 radical (unpaired) electrons. The number of aliphatic carboxylic acids is 1. The Kier molecular flexibility index (Phi) is 8.35. The highest BCUT2D eigenvalue weighted by Crippen LogP contribution is 2.44. The first-order valence-electron chi connectivity index (χ1n) is 12.5. The van der Waals surface area contributed by atoms with Gasteiger partial charge in [-0.2, -0.15) is 13.2 Å². The van der Waals surface area contributed by atoms with Gasteiger partial charge in [0.25, 0.3) is 0 Å². The third kappa shape index (κ3) is 6.18. The topological polar surface area (TPSA) is 108 Å². The molecule has 0 bridgehead atoms. The van der Waals surface area contributed by atoms with E-state index in [2.05, 4.69) is 9.97 Å². The van der Waals surface area contributed by atoms with Gasteiger partial charge in [-0.05, 0) is 52.9 Å². The van der Waals surface area contributed by atoms with Crippen LogP contribution >= 0.6 is 22.9 Å². The average molecular weight is 614 g/mol. The van der Waals surface area contributed by atoms with Gasteiger partial charge in [0.2, 0.25) is 12.0 Å². The minimum absolute atomic E-state index is 0.140. The van der Waals surface area contributed by atoms with Crippen LogP contribution in [0.15, 0.2) is 78.4 Å². The van der Waals surface area contributed by atoms with Gasteiger partial charge in [-0.3, -0.25) is 4.79 Å². The lowest BCUT2D eigenvalue weighted by molar-refractivity contribution is -0.198. The van der Waals surface area contributed by atoms with Crippen molar-refractivity contribution in [1.82, 2.24) is 9.97 Å². The number of hydrogen-bond donors (Lipinski definition) is 2. The van der Waals surface area contributed by atoms with Crippen molar-refractivity contribution in [3.8, 4) is 33.9 Å². The molecule has 2 heterocycles. The fraction of sp³-hybridized carbons (Fsp3) is 0.167. The second-order valence-corrected chi connectivity index (χ2v) is 10.7. The molecule has 0 fully saturated rings. The number of nitrogens with two attached hydrogens (primary N) is 1. The van der Waals surface area contributed by atoms with Crippen molar-refractivity contribution in [2.45, 2.75) is 24.7 Å². The number of fused-ring (bicyclic) bond motifs is 1. The molecule has 0 saturated heterocycles. The zero-order valence-corrected chi connectivity index (χ0v) is 23.5. The van der Waals surface area contributed by atoms with Gasteiger partial charge in [-0.1, -0.05) is 54.1 Å². The molecule has 2 unspecified atom stereocenters. The summed E-state index contributed by atoms with van der Waals surface area (Å²) in [6.07, 6.45) is -5.85. The van der Waals surface area contributed by atoms with Gasteiger partial charge in [0.05, 0.1) is 12.6 Å². The molecule has 3 aromatic carbocycles. The molecule has 5 rings (SSSR count). The summed E-state index contributed by atoms with van der Waals surface area (Å²) in [7, 11) is 1.47. The van der Waals surface area contributed by atoms with Crippen LogP contribution in [0.2, 0.25) is 5.02 Å². The third-order valence-electron chi connectivity index (χ3n) is 6.56. The summed E-state index contributed by atoms with van der Waals surface area (Å²) >= 11 is 7.36. The molecule has 0 aliphatic heterocycles. The number of carboxylic acid groups (broad SMARTS) is 1. The normalized spacial score (nSPS) is 13.1. The Morgan fingerprint density at radius 3 is 2.50 bits per heavy atom. The molecule has 12 heteroatoms.